The lowest BCUT2D eigenvalue weighted by molar-refractivity contribution is 0.309. The van der Waals surface area contributed by atoms with Gasteiger partial charge in [0.2, 0.25) is 0 Å². The molecule has 0 aliphatic heterocycles. The topological polar surface area (TPSA) is 9.23 Å². The average Bonchev–Trinajstić information content (AvgIpc) is 2.57. The van der Waals surface area contributed by atoms with Crippen molar-refractivity contribution < 1.29 is 4.74 Å². The number of hydrogen-bond acceptors (Lipinski definition) is 1. The van der Waals surface area contributed by atoms with Gasteiger partial charge in [0.15, 0.2) is 0 Å². The molecular weight excluding hydrogens is 304 g/mol. The van der Waals surface area contributed by atoms with E-state index < -0.39 is 0 Å². The summed E-state index contributed by atoms with van der Waals surface area (Å²) in [4.78, 5) is 0. The van der Waals surface area contributed by atoms with Crippen LogP contribution < -0.4 is 4.74 Å². The lowest BCUT2D eigenvalue weighted by Crippen LogP contribution is -2.10. The Kier molecular flexibility index (Phi) is 9.34. The van der Waals surface area contributed by atoms with E-state index in [9.17, 15) is 0 Å². The highest BCUT2D eigenvalue weighted by Crippen LogP contribution is 2.21. The number of aryl methyl sites for hydroxylation is 2. The van der Waals surface area contributed by atoms with Crippen LogP contribution in [0, 0.1) is 6.92 Å². The third kappa shape index (κ3) is 8.77. The molecule has 25 heavy (non-hydrogen) atoms. The fourth-order valence-electron chi connectivity index (χ4n) is 2.43. The molecule has 0 amide bonds. The van der Waals surface area contributed by atoms with E-state index in [0.717, 1.165) is 25.2 Å². The van der Waals surface area contributed by atoms with E-state index in [1.54, 1.807) is 0 Å². The summed E-state index contributed by atoms with van der Waals surface area (Å²) in [5.41, 5.74) is 4.42. The van der Waals surface area contributed by atoms with E-state index in [0.29, 0.717) is 0 Å². The maximum Gasteiger partial charge on any atom is 0.119 e. The van der Waals surface area contributed by atoms with Crippen LogP contribution in [-0.4, -0.2) is 6.61 Å². The quantitative estimate of drug-likeness (QED) is 0.509. The molecule has 0 bridgehead atoms. The zero-order valence-electron chi connectivity index (χ0n) is 17.1. The summed E-state index contributed by atoms with van der Waals surface area (Å²) in [6, 6.07) is 17.2. The van der Waals surface area contributed by atoms with E-state index in [-0.39, 0.29) is 5.41 Å². The van der Waals surface area contributed by atoms with Crippen LogP contribution in [0.4, 0.5) is 0 Å². The van der Waals surface area contributed by atoms with Gasteiger partial charge < -0.3 is 4.74 Å². The molecule has 0 aliphatic carbocycles. The average molecular weight is 341 g/mol. The summed E-state index contributed by atoms with van der Waals surface area (Å²) in [5, 5.41) is 0. The standard InChI is InChI=1S/C13H20O.C11H16/c1-3-5-11-14-13-9-7-12(6-4-2)8-10-13;1-9-5-7-10(8-6-9)11(2,3)4/h7-10H,3-6,11H2,1-2H3;5-8H,1-4H3. The maximum atomic E-state index is 5.58. The van der Waals surface area contributed by atoms with Crippen LogP contribution in [0.1, 0.15) is 70.6 Å². The van der Waals surface area contributed by atoms with Crippen molar-refractivity contribution in [3.8, 4) is 5.75 Å². The van der Waals surface area contributed by atoms with Crippen molar-refractivity contribution in [3.05, 3.63) is 65.2 Å². The Labute approximate surface area is 155 Å². The highest BCUT2D eigenvalue weighted by molar-refractivity contribution is 5.27. The summed E-state index contributed by atoms with van der Waals surface area (Å²) in [6.07, 6.45) is 4.69. The van der Waals surface area contributed by atoms with Crippen LogP contribution in [0.25, 0.3) is 0 Å². The molecular formula is C24H36O. The maximum absolute atomic E-state index is 5.58. The predicted octanol–water partition coefficient (Wildman–Crippen LogP) is 7.11. The Morgan fingerprint density at radius 3 is 1.88 bits per heavy atom. The van der Waals surface area contributed by atoms with Crippen molar-refractivity contribution in [2.24, 2.45) is 0 Å². The highest BCUT2D eigenvalue weighted by atomic mass is 16.5. The van der Waals surface area contributed by atoms with Crippen molar-refractivity contribution in [2.45, 2.75) is 72.6 Å². The fourth-order valence-corrected chi connectivity index (χ4v) is 2.43. The van der Waals surface area contributed by atoms with Gasteiger partial charge in [-0.2, -0.15) is 0 Å². The van der Waals surface area contributed by atoms with Gasteiger partial charge in [-0.3, -0.25) is 0 Å². The molecule has 0 unspecified atom stereocenters. The van der Waals surface area contributed by atoms with E-state index in [1.807, 2.05) is 0 Å². The van der Waals surface area contributed by atoms with Gasteiger partial charge in [0.25, 0.3) is 0 Å². The molecule has 0 radical (unpaired) electrons. The van der Waals surface area contributed by atoms with Crippen molar-refractivity contribution in [2.75, 3.05) is 6.61 Å². The molecule has 0 fully saturated rings. The predicted molar refractivity (Wildman–Crippen MR) is 111 cm³/mol. The number of ether oxygens (including phenoxy) is 1. The molecule has 2 aromatic carbocycles. The van der Waals surface area contributed by atoms with Gasteiger partial charge in [-0.05, 0) is 48.4 Å². The first kappa shape index (κ1) is 21.3. The second kappa shape index (κ2) is 11.0. The molecule has 138 valence electrons. The van der Waals surface area contributed by atoms with Gasteiger partial charge in [0.1, 0.15) is 5.75 Å². The molecule has 0 atom stereocenters. The molecule has 0 spiro atoms. The molecule has 0 N–H and O–H groups in total. The zero-order chi connectivity index (χ0) is 18.7. The summed E-state index contributed by atoms with van der Waals surface area (Å²) >= 11 is 0. The number of unbranched alkanes of at least 4 members (excludes halogenated alkanes) is 1. The van der Waals surface area contributed by atoms with Gasteiger partial charge >= 0.3 is 0 Å². The van der Waals surface area contributed by atoms with Gasteiger partial charge in [-0.1, -0.05) is 89.4 Å². The first-order chi connectivity index (χ1) is 11.9. The molecule has 0 saturated carbocycles. The smallest absolute Gasteiger partial charge is 0.119 e. The van der Waals surface area contributed by atoms with Crippen molar-refractivity contribution in [3.63, 3.8) is 0 Å². The van der Waals surface area contributed by atoms with Crippen LogP contribution in [0.5, 0.6) is 5.75 Å². The van der Waals surface area contributed by atoms with E-state index >= 15 is 0 Å². The van der Waals surface area contributed by atoms with Crippen molar-refractivity contribution in [1.82, 2.24) is 0 Å². The minimum atomic E-state index is 0.285. The highest BCUT2D eigenvalue weighted by Gasteiger charge is 2.11. The van der Waals surface area contributed by atoms with Crippen LogP contribution in [-0.2, 0) is 11.8 Å². The van der Waals surface area contributed by atoms with Crippen LogP contribution in [0.2, 0.25) is 0 Å². The second-order valence-corrected chi connectivity index (χ2v) is 7.71. The molecule has 2 rings (SSSR count). The van der Waals surface area contributed by atoms with E-state index in [2.05, 4.69) is 90.1 Å². The Balaban J connectivity index is 0.000000257. The monoisotopic (exact) mass is 340 g/mol. The number of rotatable bonds is 6. The molecule has 0 heterocycles. The normalized spacial score (nSPS) is 10.8. The lowest BCUT2D eigenvalue weighted by Gasteiger charge is -2.18. The van der Waals surface area contributed by atoms with Gasteiger partial charge in [0, 0.05) is 0 Å². The lowest BCUT2D eigenvalue weighted by atomic mass is 9.87. The summed E-state index contributed by atoms with van der Waals surface area (Å²) in [6.45, 7) is 14.0. The van der Waals surface area contributed by atoms with Crippen LogP contribution >= 0.6 is 0 Å². The number of benzene rings is 2. The van der Waals surface area contributed by atoms with Crippen LogP contribution in [0.3, 0.4) is 0 Å². The zero-order valence-corrected chi connectivity index (χ0v) is 17.1. The number of hydrogen-bond donors (Lipinski definition) is 0. The van der Waals surface area contributed by atoms with Crippen molar-refractivity contribution in [1.29, 1.82) is 0 Å². The summed E-state index contributed by atoms with van der Waals surface area (Å²) < 4.78 is 5.58. The molecule has 2 aromatic rings. The second-order valence-electron chi connectivity index (χ2n) is 7.71. The molecule has 1 nitrogen and oxygen atoms in total. The minimum absolute atomic E-state index is 0.285. The first-order valence-corrected chi connectivity index (χ1v) is 9.65. The van der Waals surface area contributed by atoms with Gasteiger partial charge in [0.05, 0.1) is 6.61 Å². The Morgan fingerprint density at radius 2 is 1.40 bits per heavy atom. The molecule has 0 aliphatic rings. The minimum Gasteiger partial charge on any atom is -0.494 e. The Bertz CT molecular complexity index is 573. The third-order valence-corrected chi connectivity index (χ3v) is 4.15. The SMILES string of the molecule is CCCCOc1ccc(CCC)cc1.Cc1ccc(C(C)(C)C)cc1. The third-order valence-electron chi connectivity index (χ3n) is 4.15. The molecule has 1 heteroatoms. The first-order valence-electron chi connectivity index (χ1n) is 9.65. The molecule has 0 saturated heterocycles. The van der Waals surface area contributed by atoms with Crippen molar-refractivity contribution >= 4 is 0 Å². The van der Waals surface area contributed by atoms with Gasteiger partial charge in [-0.25, -0.2) is 0 Å². The largest absolute Gasteiger partial charge is 0.494 e. The molecule has 0 aromatic heterocycles. The van der Waals surface area contributed by atoms with E-state index in [4.69, 9.17) is 4.74 Å². The van der Waals surface area contributed by atoms with Gasteiger partial charge in [-0.15, -0.1) is 0 Å². The van der Waals surface area contributed by atoms with E-state index in [1.165, 1.54) is 29.5 Å². The summed E-state index contributed by atoms with van der Waals surface area (Å²) in [5.74, 6) is 0.998. The Morgan fingerprint density at radius 1 is 0.800 bits per heavy atom. The van der Waals surface area contributed by atoms with Crippen LogP contribution in [0.15, 0.2) is 48.5 Å². The Hall–Kier alpha value is -1.76. The fraction of sp³-hybridized carbons (Fsp3) is 0.500. The summed E-state index contributed by atoms with van der Waals surface area (Å²) in [7, 11) is 0.